The number of hydrogen-bond acceptors (Lipinski definition) is 6. The van der Waals surface area contributed by atoms with Gasteiger partial charge < -0.3 is 30.2 Å². The molecule has 3 N–H and O–H groups in total. The molecule has 0 aliphatic rings. The minimum Gasteiger partial charge on any atom is -0.373 e. The van der Waals surface area contributed by atoms with Gasteiger partial charge in [-0.25, -0.2) is 14.4 Å². The monoisotopic (exact) mass is 235 g/mol. The summed E-state index contributed by atoms with van der Waals surface area (Å²) < 4.78 is 13.3. The minimum atomic E-state index is -1.76. The molecule has 0 radical (unpaired) electrons. The maximum atomic E-state index is 10.8. The second-order valence-corrected chi connectivity index (χ2v) is 2.25. The summed E-state index contributed by atoms with van der Waals surface area (Å²) in [5.74, 6) is 0. The number of carbonyl (C=O) groups excluding carboxylic acids is 3. The van der Waals surface area contributed by atoms with E-state index in [1.54, 1.807) is 0 Å². The number of ether oxygens (including phenoxy) is 3. The minimum absolute atomic E-state index is 0.919. The van der Waals surface area contributed by atoms with Gasteiger partial charge in [0.05, 0.1) is 0 Å². The van der Waals surface area contributed by atoms with Crippen molar-refractivity contribution in [3.8, 4) is 0 Å². The molecule has 92 valence electrons. The summed E-state index contributed by atoms with van der Waals surface area (Å²) in [5, 5.41) is 6.28. The number of nitrogens with one attached hydrogen (secondary N) is 3. The number of rotatable bonds is 3. The van der Waals surface area contributed by atoms with Crippen molar-refractivity contribution in [1.82, 2.24) is 16.0 Å². The van der Waals surface area contributed by atoms with Crippen molar-refractivity contribution >= 4 is 18.3 Å². The van der Waals surface area contributed by atoms with Gasteiger partial charge in [-0.1, -0.05) is 0 Å². The van der Waals surface area contributed by atoms with Gasteiger partial charge in [0.25, 0.3) is 0 Å². The lowest BCUT2D eigenvalue weighted by molar-refractivity contribution is -0.196. The smallest absolute Gasteiger partial charge is 0.373 e. The quantitative estimate of drug-likeness (QED) is 0.559. The van der Waals surface area contributed by atoms with Gasteiger partial charge in [0.2, 0.25) is 0 Å². The van der Waals surface area contributed by atoms with Crippen LogP contribution in [0.3, 0.4) is 0 Å². The van der Waals surface area contributed by atoms with Crippen LogP contribution in [-0.2, 0) is 14.2 Å². The van der Waals surface area contributed by atoms with Crippen LogP contribution in [0.1, 0.15) is 0 Å². The van der Waals surface area contributed by atoms with Gasteiger partial charge in [0, 0.05) is 21.1 Å². The first-order chi connectivity index (χ1) is 7.53. The first kappa shape index (κ1) is 13.8. The predicted molar refractivity (Wildman–Crippen MR) is 50.4 cm³/mol. The zero-order chi connectivity index (χ0) is 12.6. The molecule has 0 aliphatic heterocycles. The van der Waals surface area contributed by atoms with Crippen molar-refractivity contribution in [3.63, 3.8) is 0 Å². The topological polar surface area (TPSA) is 115 Å². The zero-order valence-corrected chi connectivity index (χ0v) is 9.03. The second-order valence-electron chi connectivity index (χ2n) is 2.25. The summed E-state index contributed by atoms with van der Waals surface area (Å²) in [6.07, 6.45) is -2.76. The fourth-order valence-corrected chi connectivity index (χ4v) is 0.511. The van der Waals surface area contributed by atoms with Crippen LogP contribution in [0, 0.1) is 0 Å². The van der Waals surface area contributed by atoms with Gasteiger partial charge in [-0.3, -0.25) is 0 Å². The van der Waals surface area contributed by atoms with E-state index in [0.717, 1.165) is 0 Å². The Hall–Kier alpha value is -2.19. The lowest BCUT2D eigenvalue weighted by Gasteiger charge is -2.16. The normalized spacial score (nSPS) is 9.00. The first-order valence-electron chi connectivity index (χ1n) is 4.18. The number of alkyl carbamates (subject to hydrolysis) is 3. The zero-order valence-electron chi connectivity index (χ0n) is 9.03. The van der Waals surface area contributed by atoms with E-state index < -0.39 is 24.8 Å². The van der Waals surface area contributed by atoms with Crippen LogP contribution < -0.4 is 16.0 Å². The molecule has 0 heterocycles. The van der Waals surface area contributed by atoms with Crippen molar-refractivity contribution in [1.29, 1.82) is 0 Å². The Bertz CT molecular complexity index is 226. The van der Waals surface area contributed by atoms with Crippen molar-refractivity contribution in [2.24, 2.45) is 0 Å². The highest BCUT2D eigenvalue weighted by atomic mass is 16.9. The molecule has 0 saturated carbocycles. The Morgan fingerprint density at radius 3 is 1.19 bits per heavy atom. The lowest BCUT2D eigenvalue weighted by Crippen LogP contribution is -2.37. The van der Waals surface area contributed by atoms with Crippen molar-refractivity contribution < 1.29 is 28.6 Å². The van der Waals surface area contributed by atoms with Crippen LogP contribution in [0.5, 0.6) is 0 Å². The van der Waals surface area contributed by atoms with E-state index in [-0.39, 0.29) is 0 Å². The molecular formula is C7H13N3O6. The summed E-state index contributed by atoms with van der Waals surface area (Å²) in [4.78, 5) is 32.4. The van der Waals surface area contributed by atoms with Gasteiger partial charge in [-0.2, -0.15) is 0 Å². The number of hydrogen-bond donors (Lipinski definition) is 3. The molecular weight excluding hydrogens is 222 g/mol. The third-order valence-corrected chi connectivity index (χ3v) is 1.22. The van der Waals surface area contributed by atoms with Gasteiger partial charge in [0.15, 0.2) is 0 Å². The van der Waals surface area contributed by atoms with E-state index in [1.165, 1.54) is 21.1 Å². The van der Waals surface area contributed by atoms with E-state index in [2.05, 4.69) is 30.2 Å². The molecule has 0 aromatic rings. The summed E-state index contributed by atoms with van der Waals surface area (Å²) in [5.41, 5.74) is 0. The van der Waals surface area contributed by atoms with Crippen LogP contribution in [0.4, 0.5) is 14.4 Å². The molecule has 0 unspecified atom stereocenters. The molecule has 0 saturated heterocycles. The van der Waals surface area contributed by atoms with Gasteiger partial charge in [0.1, 0.15) is 0 Å². The number of carbonyl (C=O) groups is 3. The molecule has 0 spiro atoms. The molecule has 0 bridgehead atoms. The van der Waals surface area contributed by atoms with Crippen LogP contribution in [0.15, 0.2) is 0 Å². The maximum Gasteiger partial charge on any atom is 0.416 e. The summed E-state index contributed by atoms with van der Waals surface area (Å²) in [7, 11) is 3.87. The SMILES string of the molecule is CNC(=O)OC(OC(=O)NC)OC(=O)NC. The van der Waals surface area contributed by atoms with Crippen LogP contribution in [-0.4, -0.2) is 45.9 Å². The van der Waals surface area contributed by atoms with Gasteiger partial charge in [-0.05, 0) is 0 Å². The van der Waals surface area contributed by atoms with E-state index in [0.29, 0.717) is 0 Å². The van der Waals surface area contributed by atoms with E-state index >= 15 is 0 Å². The third-order valence-electron chi connectivity index (χ3n) is 1.22. The highest BCUT2D eigenvalue weighted by molar-refractivity contribution is 5.70. The van der Waals surface area contributed by atoms with Crippen LogP contribution >= 0.6 is 0 Å². The van der Waals surface area contributed by atoms with Crippen molar-refractivity contribution in [2.45, 2.75) is 6.48 Å². The molecule has 16 heavy (non-hydrogen) atoms. The summed E-state index contributed by atoms with van der Waals surface area (Å²) in [6, 6.07) is 0. The Morgan fingerprint density at radius 2 is 1.00 bits per heavy atom. The van der Waals surface area contributed by atoms with E-state index in [9.17, 15) is 14.4 Å². The molecule has 3 amide bonds. The molecule has 9 nitrogen and oxygen atoms in total. The van der Waals surface area contributed by atoms with Crippen LogP contribution in [0.2, 0.25) is 0 Å². The molecule has 0 rings (SSSR count). The van der Waals surface area contributed by atoms with Gasteiger partial charge in [-0.15, -0.1) is 0 Å². The Morgan fingerprint density at radius 1 is 0.750 bits per heavy atom. The standard InChI is InChI=1S/C7H13N3O6/c1-8-4(11)14-7(15-5(12)9-2)16-6(13)10-3/h7H,1-3H3,(H,8,11)(H,9,12)(H,10,13). The average Bonchev–Trinajstić information content (AvgIpc) is 2.28. The molecule has 0 aromatic heterocycles. The fourth-order valence-electron chi connectivity index (χ4n) is 0.511. The molecule has 0 aromatic carbocycles. The molecule has 0 aliphatic carbocycles. The third kappa shape index (κ3) is 5.52. The van der Waals surface area contributed by atoms with Crippen molar-refractivity contribution in [3.05, 3.63) is 0 Å². The summed E-state index contributed by atoms with van der Waals surface area (Å²) in [6.45, 7) is -1.76. The lowest BCUT2D eigenvalue weighted by atomic mass is 11.0. The van der Waals surface area contributed by atoms with E-state index in [4.69, 9.17) is 0 Å². The largest absolute Gasteiger partial charge is 0.416 e. The van der Waals surface area contributed by atoms with E-state index in [1.807, 2.05) is 0 Å². The predicted octanol–water partition coefficient (Wildman–Crippen LogP) is -0.662. The molecule has 0 atom stereocenters. The Labute approximate surface area is 91.4 Å². The average molecular weight is 235 g/mol. The molecule has 0 fully saturated rings. The Kier molecular flexibility index (Phi) is 6.17. The molecule has 9 heteroatoms. The van der Waals surface area contributed by atoms with Gasteiger partial charge >= 0.3 is 24.8 Å². The Balaban J connectivity index is 4.31. The van der Waals surface area contributed by atoms with Crippen LogP contribution in [0.25, 0.3) is 0 Å². The summed E-state index contributed by atoms with van der Waals surface area (Å²) >= 11 is 0. The number of amides is 3. The second kappa shape index (κ2) is 7.15. The highest BCUT2D eigenvalue weighted by Crippen LogP contribution is 1.99. The maximum absolute atomic E-state index is 10.8. The van der Waals surface area contributed by atoms with Crippen molar-refractivity contribution in [2.75, 3.05) is 21.1 Å². The first-order valence-corrected chi connectivity index (χ1v) is 4.18. The fraction of sp³-hybridized carbons (Fsp3) is 0.571. The highest BCUT2D eigenvalue weighted by Gasteiger charge is 2.21.